The second-order valence-corrected chi connectivity index (χ2v) is 6.44. The van der Waals surface area contributed by atoms with Gasteiger partial charge in [0.25, 0.3) is 10.1 Å². The van der Waals surface area contributed by atoms with E-state index in [-0.39, 0.29) is 16.5 Å². The molecule has 0 saturated carbocycles. The first-order valence-electron chi connectivity index (χ1n) is 6.79. The van der Waals surface area contributed by atoms with Gasteiger partial charge in [-0.15, -0.1) is 0 Å². The molecule has 0 unspecified atom stereocenters. The van der Waals surface area contributed by atoms with E-state index in [0.717, 1.165) is 0 Å². The van der Waals surface area contributed by atoms with Crippen LogP contribution in [0.5, 0.6) is 0 Å². The average Bonchev–Trinajstić information content (AvgIpc) is 2.93. The molecular weight excluding hydrogens is 323 g/mol. The number of anilines is 1. The Morgan fingerprint density at radius 1 is 1.13 bits per heavy atom. The molecule has 2 amide bonds. The standard InChI is InChI=1S/C15H13FN2O4S/c16-11-3-1-10(2-4-11)13-9-12(18-8-7-17-15(18)19)5-6-14(13)23(20,21)22/h1-6,9H,7-8H2,(H,17,19)(H,20,21,22). The molecule has 0 bridgehead atoms. The molecule has 0 aromatic heterocycles. The molecule has 0 radical (unpaired) electrons. The first kappa shape index (κ1) is 15.4. The number of nitrogens with one attached hydrogen (secondary N) is 1. The maximum absolute atomic E-state index is 13.1. The monoisotopic (exact) mass is 336 g/mol. The predicted molar refractivity (Wildman–Crippen MR) is 82.4 cm³/mol. The van der Waals surface area contributed by atoms with Gasteiger partial charge in [0, 0.05) is 24.3 Å². The summed E-state index contributed by atoms with van der Waals surface area (Å²) >= 11 is 0. The van der Waals surface area contributed by atoms with Crippen LogP contribution < -0.4 is 10.2 Å². The van der Waals surface area contributed by atoms with Crippen molar-refractivity contribution >= 4 is 21.8 Å². The Balaban J connectivity index is 2.16. The fourth-order valence-electron chi connectivity index (χ4n) is 2.48. The van der Waals surface area contributed by atoms with Crippen LogP contribution in [0.3, 0.4) is 0 Å². The second kappa shape index (κ2) is 5.64. The Hall–Kier alpha value is -2.45. The maximum atomic E-state index is 13.1. The van der Waals surface area contributed by atoms with Crippen LogP contribution >= 0.6 is 0 Å². The Morgan fingerprint density at radius 3 is 2.39 bits per heavy atom. The zero-order valence-corrected chi connectivity index (χ0v) is 12.7. The summed E-state index contributed by atoms with van der Waals surface area (Å²) in [6.07, 6.45) is 0. The van der Waals surface area contributed by atoms with E-state index in [0.29, 0.717) is 24.3 Å². The fraction of sp³-hybridized carbons (Fsp3) is 0.133. The van der Waals surface area contributed by atoms with E-state index in [4.69, 9.17) is 0 Å². The van der Waals surface area contributed by atoms with E-state index in [1.807, 2.05) is 0 Å². The predicted octanol–water partition coefficient (Wildman–Crippen LogP) is 2.27. The molecule has 1 aliphatic rings. The molecule has 3 rings (SSSR count). The maximum Gasteiger partial charge on any atom is 0.321 e. The average molecular weight is 336 g/mol. The molecular formula is C15H13FN2O4S. The third-order valence-corrected chi connectivity index (χ3v) is 4.48. The molecule has 2 aromatic rings. The van der Waals surface area contributed by atoms with Gasteiger partial charge in [-0.1, -0.05) is 12.1 Å². The second-order valence-electron chi connectivity index (χ2n) is 5.05. The van der Waals surface area contributed by atoms with Crippen LogP contribution in [-0.2, 0) is 10.1 Å². The number of halogens is 1. The van der Waals surface area contributed by atoms with Crippen molar-refractivity contribution in [2.75, 3.05) is 18.0 Å². The van der Waals surface area contributed by atoms with Crippen molar-refractivity contribution in [3.05, 3.63) is 48.3 Å². The lowest BCUT2D eigenvalue weighted by Crippen LogP contribution is -2.27. The molecule has 6 nitrogen and oxygen atoms in total. The van der Waals surface area contributed by atoms with Gasteiger partial charge in [-0.2, -0.15) is 8.42 Å². The van der Waals surface area contributed by atoms with E-state index in [1.54, 1.807) is 0 Å². The molecule has 0 aliphatic carbocycles. The van der Waals surface area contributed by atoms with Gasteiger partial charge < -0.3 is 5.32 Å². The van der Waals surface area contributed by atoms with Crippen molar-refractivity contribution in [2.45, 2.75) is 4.90 Å². The molecule has 1 saturated heterocycles. The highest BCUT2D eigenvalue weighted by Crippen LogP contribution is 2.32. The summed E-state index contributed by atoms with van der Waals surface area (Å²) in [5.41, 5.74) is 1.11. The van der Waals surface area contributed by atoms with Gasteiger partial charge in [-0.25, -0.2) is 9.18 Å². The number of carbonyl (C=O) groups excluding carboxylic acids is 1. The van der Waals surface area contributed by atoms with Crippen LogP contribution in [-0.4, -0.2) is 32.1 Å². The smallest absolute Gasteiger partial charge is 0.321 e. The van der Waals surface area contributed by atoms with Gasteiger partial charge in [0.1, 0.15) is 10.7 Å². The Kier molecular flexibility index (Phi) is 3.78. The summed E-state index contributed by atoms with van der Waals surface area (Å²) in [5.74, 6) is -0.461. The summed E-state index contributed by atoms with van der Waals surface area (Å²) in [6, 6.07) is 9.09. The SMILES string of the molecule is O=C1NCCN1c1ccc(S(=O)(=O)O)c(-c2ccc(F)cc2)c1. The number of rotatable bonds is 3. The zero-order chi connectivity index (χ0) is 16.6. The molecule has 2 N–H and O–H groups in total. The summed E-state index contributed by atoms with van der Waals surface area (Å²) < 4.78 is 45.6. The van der Waals surface area contributed by atoms with E-state index >= 15 is 0 Å². The van der Waals surface area contributed by atoms with Crippen LogP contribution in [0.15, 0.2) is 47.4 Å². The molecule has 120 valence electrons. The quantitative estimate of drug-likeness (QED) is 0.842. The van der Waals surface area contributed by atoms with Crippen LogP contribution in [0.25, 0.3) is 11.1 Å². The molecule has 23 heavy (non-hydrogen) atoms. The Morgan fingerprint density at radius 2 is 1.83 bits per heavy atom. The highest BCUT2D eigenvalue weighted by atomic mass is 32.2. The minimum absolute atomic E-state index is 0.199. The number of amides is 2. The van der Waals surface area contributed by atoms with Crippen molar-refractivity contribution in [1.82, 2.24) is 5.32 Å². The van der Waals surface area contributed by atoms with E-state index in [9.17, 15) is 22.2 Å². The van der Waals surface area contributed by atoms with E-state index < -0.39 is 15.9 Å². The Bertz CT molecular complexity index is 866. The van der Waals surface area contributed by atoms with Gasteiger partial charge in [-0.05, 0) is 35.9 Å². The Labute approximate surface area is 132 Å². The van der Waals surface area contributed by atoms with Crippen molar-refractivity contribution in [1.29, 1.82) is 0 Å². The molecule has 1 heterocycles. The minimum atomic E-state index is -4.46. The van der Waals surface area contributed by atoms with Crippen molar-refractivity contribution < 1.29 is 22.2 Å². The molecule has 1 fully saturated rings. The van der Waals surface area contributed by atoms with Crippen molar-refractivity contribution in [2.24, 2.45) is 0 Å². The third-order valence-electron chi connectivity index (χ3n) is 3.56. The number of benzene rings is 2. The van der Waals surface area contributed by atoms with Crippen LogP contribution in [0.1, 0.15) is 0 Å². The zero-order valence-electron chi connectivity index (χ0n) is 11.9. The van der Waals surface area contributed by atoms with Gasteiger partial charge in [-0.3, -0.25) is 9.45 Å². The fourth-order valence-corrected chi connectivity index (χ4v) is 3.18. The van der Waals surface area contributed by atoms with Crippen LogP contribution in [0.2, 0.25) is 0 Å². The van der Waals surface area contributed by atoms with Gasteiger partial charge in [0.2, 0.25) is 0 Å². The summed E-state index contributed by atoms with van der Waals surface area (Å²) in [5, 5.41) is 2.65. The highest BCUT2D eigenvalue weighted by Gasteiger charge is 2.24. The summed E-state index contributed by atoms with van der Waals surface area (Å²) in [7, 11) is -4.46. The normalized spacial score (nSPS) is 14.9. The summed E-state index contributed by atoms with van der Waals surface area (Å²) in [4.78, 5) is 12.9. The lowest BCUT2D eigenvalue weighted by molar-refractivity contribution is 0.252. The van der Waals surface area contributed by atoms with E-state index in [2.05, 4.69) is 5.32 Å². The third kappa shape index (κ3) is 3.03. The van der Waals surface area contributed by atoms with E-state index in [1.165, 1.54) is 47.4 Å². The first-order chi connectivity index (χ1) is 10.9. The topological polar surface area (TPSA) is 86.7 Å². The molecule has 2 aromatic carbocycles. The van der Waals surface area contributed by atoms with Gasteiger partial charge in [0.05, 0.1) is 0 Å². The first-order valence-corrected chi connectivity index (χ1v) is 8.23. The van der Waals surface area contributed by atoms with Gasteiger partial charge in [0.15, 0.2) is 0 Å². The van der Waals surface area contributed by atoms with Gasteiger partial charge >= 0.3 is 6.03 Å². The van der Waals surface area contributed by atoms with Crippen LogP contribution in [0.4, 0.5) is 14.9 Å². The van der Waals surface area contributed by atoms with Crippen LogP contribution in [0, 0.1) is 5.82 Å². The minimum Gasteiger partial charge on any atom is -0.336 e. The lowest BCUT2D eigenvalue weighted by Gasteiger charge is -2.17. The number of hydrogen-bond acceptors (Lipinski definition) is 3. The number of urea groups is 1. The molecule has 0 spiro atoms. The largest absolute Gasteiger partial charge is 0.336 e. The molecule has 1 aliphatic heterocycles. The molecule has 0 atom stereocenters. The number of nitrogens with zero attached hydrogens (tertiary/aromatic N) is 1. The highest BCUT2D eigenvalue weighted by molar-refractivity contribution is 7.86. The number of hydrogen-bond donors (Lipinski definition) is 2. The van der Waals surface area contributed by atoms with Crippen molar-refractivity contribution in [3.63, 3.8) is 0 Å². The number of carbonyl (C=O) groups is 1. The lowest BCUT2D eigenvalue weighted by atomic mass is 10.0. The summed E-state index contributed by atoms with van der Waals surface area (Å²) in [6.45, 7) is 0.942. The van der Waals surface area contributed by atoms with Crippen molar-refractivity contribution in [3.8, 4) is 11.1 Å². The molecule has 8 heteroatoms.